The van der Waals surface area contributed by atoms with Crippen LogP contribution in [0.5, 0.6) is 5.75 Å². The van der Waals surface area contributed by atoms with E-state index >= 15 is 0 Å². The predicted molar refractivity (Wildman–Crippen MR) is 130 cm³/mol. The van der Waals surface area contributed by atoms with Gasteiger partial charge in [0.1, 0.15) is 18.0 Å². The normalized spacial score (nSPS) is 11.1. The van der Waals surface area contributed by atoms with Gasteiger partial charge in [-0.05, 0) is 62.3 Å². The Morgan fingerprint density at radius 3 is 2.76 bits per heavy atom. The van der Waals surface area contributed by atoms with Crippen molar-refractivity contribution in [2.45, 2.75) is 26.5 Å². The van der Waals surface area contributed by atoms with Crippen LogP contribution in [0.2, 0.25) is 0 Å². The fraction of sp³-hybridized carbons (Fsp3) is 0.259. The van der Waals surface area contributed by atoms with E-state index in [-0.39, 0.29) is 5.91 Å². The first-order valence-corrected chi connectivity index (χ1v) is 11.2. The van der Waals surface area contributed by atoms with Crippen molar-refractivity contribution >= 4 is 11.6 Å². The van der Waals surface area contributed by atoms with Crippen molar-refractivity contribution in [1.29, 1.82) is 0 Å². The number of amides is 1. The van der Waals surface area contributed by atoms with Gasteiger partial charge in [0.05, 0.1) is 5.69 Å². The molecule has 0 spiro atoms. The van der Waals surface area contributed by atoms with E-state index in [1.165, 1.54) is 11.1 Å². The maximum Gasteiger partial charge on any atom is 0.251 e. The highest BCUT2D eigenvalue weighted by molar-refractivity contribution is 5.94. The smallest absolute Gasteiger partial charge is 0.251 e. The van der Waals surface area contributed by atoms with Gasteiger partial charge in [-0.3, -0.25) is 4.79 Å². The summed E-state index contributed by atoms with van der Waals surface area (Å²) >= 11 is 0. The average molecular weight is 443 g/mol. The molecule has 1 N–H and O–H groups in total. The molecule has 33 heavy (non-hydrogen) atoms. The van der Waals surface area contributed by atoms with Gasteiger partial charge in [-0.15, -0.1) is 0 Å². The predicted octanol–water partition coefficient (Wildman–Crippen LogP) is 4.47. The monoisotopic (exact) mass is 442 g/mol. The zero-order chi connectivity index (χ0) is 23.0. The lowest BCUT2D eigenvalue weighted by Crippen LogP contribution is -2.28. The number of rotatable bonds is 10. The Morgan fingerprint density at radius 1 is 1.06 bits per heavy atom. The lowest BCUT2D eigenvalue weighted by atomic mass is 10.2. The van der Waals surface area contributed by atoms with Crippen molar-refractivity contribution < 1.29 is 9.53 Å². The van der Waals surface area contributed by atoms with Gasteiger partial charge < -0.3 is 19.4 Å². The summed E-state index contributed by atoms with van der Waals surface area (Å²) in [6.45, 7) is 4.84. The molecule has 170 valence electrons. The first-order valence-electron chi connectivity index (χ1n) is 11.2. The zero-order valence-corrected chi connectivity index (χ0v) is 19.2. The van der Waals surface area contributed by atoms with E-state index in [4.69, 9.17) is 4.74 Å². The Morgan fingerprint density at radius 2 is 1.91 bits per heavy atom. The van der Waals surface area contributed by atoms with Gasteiger partial charge in [0, 0.05) is 31.0 Å². The maximum atomic E-state index is 12.6. The summed E-state index contributed by atoms with van der Waals surface area (Å²) in [5.41, 5.74) is 4.79. The van der Waals surface area contributed by atoms with Crippen LogP contribution in [-0.2, 0) is 13.2 Å². The van der Waals surface area contributed by atoms with Gasteiger partial charge in [-0.1, -0.05) is 42.5 Å². The van der Waals surface area contributed by atoms with Crippen molar-refractivity contribution in [2.24, 2.45) is 0 Å². The molecule has 0 saturated heterocycles. The molecule has 0 radical (unpaired) electrons. The molecular weight excluding hydrogens is 412 g/mol. The number of carbonyl (C=O) groups excluding carboxylic acids is 1. The topological polar surface area (TPSA) is 58.9 Å². The van der Waals surface area contributed by atoms with E-state index in [1.54, 1.807) is 12.1 Å². The quantitative estimate of drug-likeness (QED) is 0.368. The average Bonchev–Trinajstić information content (AvgIpc) is 3.23. The van der Waals surface area contributed by atoms with Crippen LogP contribution in [0.1, 0.15) is 33.6 Å². The number of hydrogen-bond acceptors (Lipinski definition) is 4. The van der Waals surface area contributed by atoms with Crippen LogP contribution < -0.4 is 10.1 Å². The maximum absolute atomic E-state index is 12.6. The summed E-state index contributed by atoms with van der Waals surface area (Å²) in [5.74, 6) is 0.563. The number of imidazole rings is 1. The Hall–Kier alpha value is -3.64. The minimum atomic E-state index is -0.0885. The summed E-state index contributed by atoms with van der Waals surface area (Å²) < 4.78 is 7.89. The van der Waals surface area contributed by atoms with E-state index in [1.807, 2.05) is 47.1 Å². The first kappa shape index (κ1) is 22.6. The highest BCUT2D eigenvalue weighted by Gasteiger charge is 2.08. The van der Waals surface area contributed by atoms with Crippen LogP contribution in [0, 0.1) is 6.92 Å². The molecular formula is C27H30N4O2. The molecule has 0 aliphatic carbocycles. The van der Waals surface area contributed by atoms with Gasteiger partial charge in [-0.2, -0.15) is 0 Å². The molecule has 6 heteroatoms. The summed E-state index contributed by atoms with van der Waals surface area (Å²) in [5, 5.41) is 3.01. The Bertz CT molecular complexity index is 1200. The van der Waals surface area contributed by atoms with Crippen molar-refractivity contribution in [1.82, 2.24) is 19.6 Å². The fourth-order valence-electron chi connectivity index (χ4n) is 3.74. The number of carbonyl (C=O) groups is 1. The number of fused-ring (bicyclic) bond motifs is 1. The van der Waals surface area contributed by atoms with Gasteiger partial charge in [-0.25, -0.2) is 4.98 Å². The summed E-state index contributed by atoms with van der Waals surface area (Å²) in [6, 6.07) is 21.7. The molecule has 2 heterocycles. The number of nitrogens with one attached hydrogen (secondary N) is 1. The molecule has 0 saturated carbocycles. The second-order valence-corrected chi connectivity index (χ2v) is 8.35. The lowest BCUT2D eigenvalue weighted by Gasteiger charge is -2.16. The van der Waals surface area contributed by atoms with Gasteiger partial charge in [0.25, 0.3) is 5.91 Å². The first-order chi connectivity index (χ1) is 16.1. The molecule has 0 aliphatic rings. The van der Waals surface area contributed by atoms with E-state index in [0.29, 0.717) is 24.5 Å². The standard InChI is InChI=1S/C27H30N4O2/c1-21-12-13-26-29-24(19-31(26)17-21)20-33-25-11-6-10-23(16-25)27(32)28-14-7-15-30(2)18-22-8-4-3-5-9-22/h3-6,8-13,16-17,19H,7,14-15,18,20H2,1-2H3,(H,28,32). The zero-order valence-electron chi connectivity index (χ0n) is 19.2. The van der Waals surface area contributed by atoms with Gasteiger partial charge >= 0.3 is 0 Å². The molecule has 6 nitrogen and oxygen atoms in total. The molecule has 0 bridgehead atoms. The number of nitrogens with zero attached hydrogens (tertiary/aromatic N) is 3. The number of pyridine rings is 1. The fourth-order valence-corrected chi connectivity index (χ4v) is 3.74. The third-order valence-electron chi connectivity index (χ3n) is 5.43. The van der Waals surface area contributed by atoms with Crippen LogP contribution in [-0.4, -0.2) is 40.3 Å². The third kappa shape index (κ3) is 6.43. The molecule has 2 aromatic heterocycles. The molecule has 2 aromatic carbocycles. The second-order valence-electron chi connectivity index (χ2n) is 8.35. The molecule has 0 atom stereocenters. The van der Waals surface area contributed by atoms with Crippen LogP contribution in [0.3, 0.4) is 0 Å². The second kappa shape index (κ2) is 10.8. The Balaban J connectivity index is 1.23. The van der Waals surface area contributed by atoms with Crippen LogP contribution in [0.4, 0.5) is 0 Å². The van der Waals surface area contributed by atoms with E-state index in [9.17, 15) is 4.79 Å². The van der Waals surface area contributed by atoms with Gasteiger partial charge in [0.2, 0.25) is 0 Å². The lowest BCUT2D eigenvalue weighted by molar-refractivity contribution is 0.0951. The third-order valence-corrected chi connectivity index (χ3v) is 5.43. The van der Waals surface area contributed by atoms with Gasteiger partial charge in [0.15, 0.2) is 0 Å². The van der Waals surface area contributed by atoms with Crippen molar-refractivity contribution in [2.75, 3.05) is 20.1 Å². The molecule has 4 rings (SSSR count). The highest BCUT2D eigenvalue weighted by atomic mass is 16.5. The van der Waals surface area contributed by atoms with Crippen molar-refractivity contribution in [3.8, 4) is 5.75 Å². The van der Waals surface area contributed by atoms with E-state index in [2.05, 4.69) is 53.4 Å². The Kier molecular flexibility index (Phi) is 7.37. The summed E-state index contributed by atoms with van der Waals surface area (Å²) in [4.78, 5) is 19.4. The van der Waals surface area contributed by atoms with E-state index in [0.717, 1.165) is 30.9 Å². The minimum absolute atomic E-state index is 0.0885. The number of hydrogen-bond donors (Lipinski definition) is 1. The molecule has 0 unspecified atom stereocenters. The number of aryl methyl sites for hydroxylation is 1. The number of benzene rings is 2. The number of ether oxygens (including phenoxy) is 1. The molecule has 0 aliphatic heterocycles. The Labute approximate surface area is 194 Å². The van der Waals surface area contributed by atoms with Crippen molar-refractivity contribution in [3.63, 3.8) is 0 Å². The van der Waals surface area contributed by atoms with Crippen LogP contribution >= 0.6 is 0 Å². The van der Waals surface area contributed by atoms with Crippen LogP contribution in [0.25, 0.3) is 5.65 Å². The molecule has 1 amide bonds. The SMILES string of the molecule is Cc1ccc2nc(COc3cccc(C(=O)NCCCN(C)Cc4ccccc4)c3)cn2c1. The molecule has 4 aromatic rings. The van der Waals surface area contributed by atoms with Crippen molar-refractivity contribution in [3.05, 3.63) is 102 Å². The molecule has 0 fully saturated rings. The highest BCUT2D eigenvalue weighted by Crippen LogP contribution is 2.16. The number of aromatic nitrogens is 2. The minimum Gasteiger partial charge on any atom is -0.487 e. The van der Waals surface area contributed by atoms with E-state index < -0.39 is 0 Å². The summed E-state index contributed by atoms with van der Waals surface area (Å²) in [6.07, 6.45) is 4.89. The summed E-state index contributed by atoms with van der Waals surface area (Å²) in [7, 11) is 2.10. The van der Waals surface area contributed by atoms with Crippen LogP contribution in [0.15, 0.2) is 79.1 Å². The largest absolute Gasteiger partial charge is 0.487 e.